The molecule has 2 aromatic rings. The van der Waals surface area contributed by atoms with Gasteiger partial charge in [0.15, 0.2) is 11.5 Å². The summed E-state index contributed by atoms with van der Waals surface area (Å²) in [7, 11) is -3.46. The lowest BCUT2D eigenvalue weighted by atomic mass is 9.97. The van der Waals surface area contributed by atoms with Gasteiger partial charge >= 0.3 is 0 Å². The number of carbonyl (C=O) groups is 1. The number of halogens is 1. The Hall–Kier alpha value is -2.29. The maximum absolute atomic E-state index is 12.7. The van der Waals surface area contributed by atoms with Crippen LogP contribution in [0.5, 0.6) is 11.5 Å². The molecule has 2 aromatic carbocycles. The SMILES string of the molecule is O=C(Nc1ccc2c(c1)OCO2)C1CCN(S(=O)(=O)Cc2cccc(Cl)c2)CC1. The van der Waals surface area contributed by atoms with Crippen LogP contribution in [-0.2, 0) is 20.6 Å². The Morgan fingerprint density at radius 2 is 1.86 bits per heavy atom. The Morgan fingerprint density at radius 3 is 2.62 bits per heavy atom. The minimum Gasteiger partial charge on any atom is -0.454 e. The molecule has 0 saturated carbocycles. The maximum atomic E-state index is 12.7. The quantitative estimate of drug-likeness (QED) is 0.777. The van der Waals surface area contributed by atoms with Gasteiger partial charge < -0.3 is 14.8 Å². The number of nitrogens with zero attached hydrogens (tertiary/aromatic N) is 1. The van der Waals surface area contributed by atoms with Gasteiger partial charge in [0.25, 0.3) is 0 Å². The molecule has 0 aromatic heterocycles. The summed E-state index contributed by atoms with van der Waals surface area (Å²) >= 11 is 5.94. The number of carbonyl (C=O) groups excluding carboxylic acids is 1. The van der Waals surface area contributed by atoms with Gasteiger partial charge in [0.1, 0.15) is 0 Å². The molecule has 1 N–H and O–H groups in total. The Morgan fingerprint density at radius 1 is 1.10 bits per heavy atom. The number of rotatable bonds is 5. The normalized spacial score (nSPS) is 17.3. The Balaban J connectivity index is 1.33. The van der Waals surface area contributed by atoms with Crippen molar-refractivity contribution < 1.29 is 22.7 Å². The van der Waals surface area contributed by atoms with Gasteiger partial charge in [-0.25, -0.2) is 12.7 Å². The van der Waals surface area contributed by atoms with Crippen molar-refractivity contribution in [2.75, 3.05) is 25.2 Å². The van der Waals surface area contributed by atoms with Gasteiger partial charge in [-0.2, -0.15) is 0 Å². The van der Waals surface area contributed by atoms with Crippen LogP contribution < -0.4 is 14.8 Å². The number of amides is 1. The van der Waals surface area contributed by atoms with E-state index in [0.29, 0.717) is 53.7 Å². The third-order valence-corrected chi connectivity index (χ3v) is 7.18. The zero-order valence-corrected chi connectivity index (χ0v) is 17.2. The summed E-state index contributed by atoms with van der Waals surface area (Å²) in [6, 6.07) is 12.1. The molecule has 0 radical (unpaired) electrons. The van der Waals surface area contributed by atoms with Crippen LogP contribution in [-0.4, -0.2) is 38.5 Å². The molecule has 0 unspecified atom stereocenters. The molecular formula is C20H21ClN2O5S. The molecule has 1 saturated heterocycles. The summed E-state index contributed by atoms with van der Waals surface area (Å²) in [6.07, 6.45) is 0.955. The van der Waals surface area contributed by atoms with E-state index in [0.717, 1.165) is 0 Å². The largest absolute Gasteiger partial charge is 0.454 e. The van der Waals surface area contributed by atoms with Crippen molar-refractivity contribution in [1.29, 1.82) is 0 Å². The van der Waals surface area contributed by atoms with Crippen molar-refractivity contribution in [3.05, 3.63) is 53.1 Å². The van der Waals surface area contributed by atoms with E-state index in [2.05, 4.69) is 5.32 Å². The molecule has 0 aliphatic carbocycles. The number of fused-ring (bicyclic) bond motifs is 1. The van der Waals surface area contributed by atoms with Crippen LogP contribution in [0.4, 0.5) is 5.69 Å². The monoisotopic (exact) mass is 436 g/mol. The highest BCUT2D eigenvalue weighted by Crippen LogP contribution is 2.34. The van der Waals surface area contributed by atoms with Crippen LogP contribution >= 0.6 is 11.6 Å². The molecule has 1 amide bonds. The first kappa shape index (κ1) is 20.0. The third-order valence-electron chi connectivity index (χ3n) is 5.10. The maximum Gasteiger partial charge on any atom is 0.231 e. The highest BCUT2D eigenvalue weighted by Gasteiger charge is 2.31. The smallest absolute Gasteiger partial charge is 0.231 e. The predicted octanol–water partition coefficient (Wildman–Crippen LogP) is 3.25. The van der Waals surface area contributed by atoms with Gasteiger partial charge in [0, 0.05) is 35.8 Å². The standard InChI is InChI=1S/C20H21ClN2O5S/c21-16-3-1-2-14(10-16)12-29(25,26)23-8-6-15(7-9-23)20(24)22-17-4-5-18-19(11-17)28-13-27-18/h1-5,10-11,15H,6-9,12-13H2,(H,22,24). The molecule has 1 fully saturated rings. The molecule has 154 valence electrons. The molecule has 4 rings (SSSR count). The zero-order chi connectivity index (χ0) is 20.4. The first-order chi connectivity index (χ1) is 13.9. The lowest BCUT2D eigenvalue weighted by molar-refractivity contribution is -0.120. The van der Waals surface area contributed by atoms with E-state index >= 15 is 0 Å². The number of nitrogens with one attached hydrogen (secondary N) is 1. The average Bonchev–Trinajstić information content (AvgIpc) is 3.15. The number of sulfonamides is 1. The van der Waals surface area contributed by atoms with Gasteiger partial charge in [0.05, 0.1) is 5.75 Å². The fourth-order valence-electron chi connectivity index (χ4n) is 3.54. The molecular weight excluding hydrogens is 416 g/mol. The summed E-state index contributed by atoms with van der Waals surface area (Å²) in [5.41, 5.74) is 1.29. The van der Waals surface area contributed by atoms with Crippen LogP contribution in [0.1, 0.15) is 18.4 Å². The summed E-state index contributed by atoms with van der Waals surface area (Å²) in [4.78, 5) is 12.6. The number of hydrogen-bond acceptors (Lipinski definition) is 5. The molecule has 9 heteroatoms. The summed E-state index contributed by atoms with van der Waals surface area (Å²) in [5, 5.41) is 3.39. The predicted molar refractivity (Wildman–Crippen MR) is 110 cm³/mol. The molecule has 0 atom stereocenters. The highest BCUT2D eigenvalue weighted by molar-refractivity contribution is 7.88. The highest BCUT2D eigenvalue weighted by atomic mass is 35.5. The van der Waals surface area contributed by atoms with Crippen LogP contribution in [0.15, 0.2) is 42.5 Å². The van der Waals surface area contributed by atoms with Gasteiger partial charge in [-0.15, -0.1) is 0 Å². The second-order valence-electron chi connectivity index (χ2n) is 7.12. The van der Waals surface area contributed by atoms with Crippen molar-refractivity contribution in [2.24, 2.45) is 5.92 Å². The lowest BCUT2D eigenvalue weighted by Crippen LogP contribution is -2.41. The Bertz CT molecular complexity index is 1020. The van der Waals surface area contributed by atoms with Gasteiger partial charge in [-0.05, 0) is 42.7 Å². The van der Waals surface area contributed by atoms with Crippen molar-refractivity contribution in [1.82, 2.24) is 4.31 Å². The van der Waals surface area contributed by atoms with Crippen molar-refractivity contribution in [2.45, 2.75) is 18.6 Å². The van der Waals surface area contributed by atoms with Crippen molar-refractivity contribution in [3.8, 4) is 11.5 Å². The second-order valence-corrected chi connectivity index (χ2v) is 9.52. The van der Waals surface area contributed by atoms with E-state index < -0.39 is 10.0 Å². The van der Waals surface area contributed by atoms with E-state index in [-0.39, 0.29) is 24.4 Å². The molecule has 29 heavy (non-hydrogen) atoms. The number of benzene rings is 2. The second kappa shape index (κ2) is 8.22. The molecule has 2 heterocycles. The topological polar surface area (TPSA) is 84.9 Å². The first-order valence-corrected chi connectivity index (χ1v) is 11.3. The number of anilines is 1. The number of ether oxygens (including phenoxy) is 2. The van der Waals surface area contributed by atoms with E-state index in [4.69, 9.17) is 21.1 Å². The van der Waals surface area contributed by atoms with Crippen molar-refractivity contribution in [3.63, 3.8) is 0 Å². The van der Waals surface area contributed by atoms with E-state index in [1.807, 2.05) is 0 Å². The molecule has 0 spiro atoms. The third kappa shape index (κ3) is 4.66. The van der Waals surface area contributed by atoms with E-state index in [9.17, 15) is 13.2 Å². The number of piperidine rings is 1. The van der Waals surface area contributed by atoms with Crippen LogP contribution in [0.25, 0.3) is 0 Å². The van der Waals surface area contributed by atoms with Gasteiger partial charge in [0.2, 0.25) is 22.7 Å². The summed E-state index contributed by atoms with van der Waals surface area (Å²) in [6.45, 7) is 0.819. The number of hydrogen-bond donors (Lipinski definition) is 1. The molecule has 0 bridgehead atoms. The summed E-state index contributed by atoms with van der Waals surface area (Å²) in [5.74, 6) is 0.807. The fraction of sp³-hybridized carbons (Fsp3) is 0.350. The van der Waals surface area contributed by atoms with E-state index in [1.165, 1.54) is 4.31 Å². The molecule has 2 aliphatic rings. The van der Waals surface area contributed by atoms with Crippen LogP contribution in [0.2, 0.25) is 5.02 Å². The molecule has 2 aliphatic heterocycles. The van der Waals surface area contributed by atoms with Gasteiger partial charge in [-0.1, -0.05) is 23.7 Å². The average molecular weight is 437 g/mol. The summed E-state index contributed by atoms with van der Waals surface area (Å²) < 4.78 is 37.4. The van der Waals surface area contributed by atoms with Gasteiger partial charge in [-0.3, -0.25) is 4.79 Å². The van der Waals surface area contributed by atoms with Crippen LogP contribution in [0, 0.1) is 5.92 Å². The fourth-order valence-corrected chi connectivity index (χ4v) is 5.31. The minimum absolute atomic E-state index is 0.0956. The minimum atomic E-state index is -3.46. The Kier molecular flexibility index (Phi) is 5.67. The molecule has 7 nitrogen and oxygen atoms in total. The van der Waals surface area contributed by atoms with E-state index in [1.54, 1.807) is 42.5 Å². The Labute approximate surface area is 174 Å². The zero-order valence-electron chi connectivity index (χ0n) is 15.6. The lowest BCUT2D eigenvalue weighted by Gasteiger charge is -2.30. The van der Waals surface area contributed by atoms with Crippen molar-refractivity contribution >= 4 is 33.2 Å². The van der Waals surface area contributed by atoms with Crippen LogP contribution in [0.3, 0.4) is 0 Å². The first-order valence-electron chi connectivity index (χ1n) is 9.33.